The van der Waals surface area contributed by atoms with Crippen LogP contribution in [0.15, 0.2) is 24.3 Å². The standard InChI is InChI=1S/C16H19N7/c1-2-14-20-21-15-10-22(7-8-23(14)15)9-13-18-12-6-4-3-5-11(12)16(17)19-13/h3-6H,2,7-10H2,1H3,(H2,17,18,19). The lowest BCUT2D eigenvalue weighted by molar-refractivity contribution is 0.203. The summed E-state index contributed by atoms with van der Waals surface area (Å²) in [6, 6.07) is 7.83. The molecule has 1 aliphatic heterocycles. The summed E-state index contributed by atoms with van der Waals surface area (Å²) in [7, 11) is 0. The average Bonchev–Trinajstić information content (AvgIpc) is 2.97. The Morgan fingerprint density at radius 3 is 2.87 bits per heavy atom. The minimum Gasteiger partial charge on any atom is -0.383 e. The summed E-state index contributed by atoms with van der Waals surface area (Å²) in [6.45, 7) is 5.39. The third-order valence-corrected chi connectivity index (χ3v) is 4.27. The van der Waals surface area contributed by atoms with E-state index in [9.17, 15) is 0 Å². The zero-order valence-corrected chi connectivity index (χ0v) is 13.1. The second kappa shape index (κ2) is 5.58. The number of aryl methyl sites for hydroxylation is 1. The molecule has 118 valence electrons. The van der Waals surface area contributed by atoms with Gasteiger partial charge in [0.15, 0.2) is 0 Å². The number of nitrogen functional groups attached to an aromatic ring is 1. The third-order valence-electron chi connectivity index (χ3n) is 4.27. The molecule has 0 fully saturated rings. The van der Waals surface area contributed by atoms with Crippen molar-refractivity contribution in [2.24, 2.45) is 0 Å². The number of hydrogen-bond donors (Lipinski definition) is 1. The number of nitrogens with zero attached hydrogens (tertiary/aromatic N) is 6. The van der Waals surface area contributed by atoms with Gasteiger partial charge in [-0.15, -0.1) is 10.2 Å². The van der Waals surface area contributed by atoms with Gasteiger partial charge in [-0.3, -0.25) is 4.90 Å². The first kappa shape index (κ1) is 14.1. The highest BCUT2D eigenvalue weighted by Gasteiger charge is 2.21. The molecule has 3 heterocycles. The number of anilines is 1. The highest BCUT2D eigenvalue weighted by Crippen LogP contribution is 2.19. The molecule has 2 aromatic heterocycles. The lowest BCUT2D eigenvalue weighted by atomic mass is 10.2. The largest absolute Gasteiger partial charge is 0.383 e. The van der Waals surface area contributed by atoms with Crippen LogP contribution in [0.25, 0.3) is 10.9 Å². The highest BCUT2D eigenvalue weighted by molar-refractivity contribution is 5.87. The number of hydrogen-bond acceptors (Lipinski definition) is 6. The Labute approximate surface area is 134 Å². The maximum atomic E-state index is 6.06. The summed E-state index contributed by atoms with van der Waals surface area (Å²) in [4.78, 5) is 11.4. The van der Waals surface area contributed by atoms with Crippen LogP contribution in [0.1, 0.15) is 24.4 Å². The molecule has 2 N–H and O–H groups in total. The zero-order chi connectivity index (χ0) is 15.8. The fraction of sp³-hybridized carbons (Fsp3) is 0.375. The Hall–Kier alpha value is -2.54. The predicted octanol–water partition coefficient (Wildman–Crippen LogP) is 1.38. The van der Waals surface area contributed by atoms with Crippen molar-refractivity contribution in [1.29, 1.82) is 0 Å². The van der Waals surface area contributed by atoms with Crippen LogP contribution >= 0.6 is 0 Å². The van der Waals surface area contributed by atoms with E-state index in [-0.39, 0.29) is 0 Å². The second-order valence-corrected chi connectivity index (χ2v) is 5.79. The minimum absolute atomic E-state index is 0.541. The topological polar surface area (TPSA) is 85.8 Å². The molecule has 0 spiro atoms. The third kappa shape index (κ3) is 2.53. The molecule has 1 aromatic carbocycles. The maximum Gasteiger partial charge on any atom is 0.147 e. The molecule has 0 atom stereocenters. The maximum absolute atomic E-state index is 6.06. The molecule has 1 aliphatic rings. The molecule has 0 aliphatic carbocycles. The SMILES string of the molecule is CCc1nnc2n1CCN(Cc1nc(N)c3ccccc3n1)C2. The highest BCUT2D eigenvalue weighted by atomic mass is 15.3. The Morgan fingerprint density at radius 1 is 1.13 bits per heavy atom. The molecule has 0 saturated carbocycles. The normalized spacial score (nSPS) is 15.0. The van der Waals surface area contributed by atoms with Crippen LogP contribution in [0.5, 0.6) is 0 Å². The first-order chi connectivity index (χ1) is 11.2. The van der Waals surface area contributed by atoms with Crippen molar-refractivity contribution in [1.82, 2.24) is 29.6 Å². The Bertz CT molecular complexity index is 855. The van der Waals surface area contributed by atoms with E-state index >= 15 is 0 Å². The van der Waals surface area contributed by atoms with Crippen molar-refractivity contribution >= 4 is 16.7 Å². The smallest absolute Gasteiger partial charge is 0.147 e. The Balaban J connectivity index is 1.57. The van der Waals surface area contributed by atoms with Crippen LogP contribution in [0.4, 0.5) is 5.82 Å². The van der Waals surface area contributed by atoms with Crippen molar-refractivity contribution in [2.75, 3.05) is 12.3 Å². The van der Waals surface area contributed by atoms with E-state index in [0.29, 0.717) is 12.4 Å². The van der Waals surface area contributed by atoms with E-state index in [1.807, 2.05) is 24.3 Å². The van der Waals surface area contributed by atoms with Gasteiger partial charge >= 0.3 is 0 Å². The fourth-order valence-corrected chi connectivity index (χ4v) is 3.09. The molecule has 7 nitrogen and oxygen atoms in total. The van der Waals surface area contributed by atoms with Crippen LogP contribution in [-0.2, 0) is 26.1 Å². The van der Waals surface area contributed by atoms with E-state index in [4.69, 9.17) is 5.73 Å². The Kier molecular flexibility index (Phi) is 3.42. The lowest BCUT2D eigenvalue weighted by Crippen LogP contribution is -2.34. The van der Waals surface area contributed by atoms with Crippen LogP contribution < -0.4 is 5.73 Å². The predicted molar refractivity (Wildman–Crippen MR) is 87.5 cm³/mol. The van der Waals surface area contributed by atoms with Crippen LogP contribution in [0, 0.1) is 0 Å². The van der Waals surface area contributed by atoms with E-state index in [1.165, 1.54) is 0 Å². The number of aromatic nitrogens is 5. The summed E-state index contributed by atoms with van der Waals surface area (Å²) in [6.07, 6.45) is 0.914. The number of nitrogens with two attached hydrogens (primary N) is 1. The van der Waals surface area contributed by atoms with Gasteiger partial charge in [-0.1, -0.05) is 19.1 Å². The molecular formula is C16H19N7. The minimum atomic E-state index is 0.541. The number of rotatable bonds is 3. The molecule has 3 aromatic rings. The summed E-state index contributed by atoms with van der Waals surface area (Å²) >= 11 is 0. The summed E-state index contributed by atoms with van der Waals surface area (Å²) in [5.41, 5.74) is 6.96. The van der Waals surface area contributed by atoms with Gasteiger partial charge in [-0.2, -0.15) is 0 Å². The van der Waals surface area contributed by atoms with Gasteiger partial charge < -0.3 is 10.3 Å². The molecule has 0 unspecified atom stereocenters. The van der Waals surface area contributed by atoms with Crippen molar-refractivity contribution in [3.63, 3.8) is 0 Å². The van der Waals surface area contributed by atoms with E-state index in [0.717, 1.165) is 54.4 Å². The Morgan fingerprint density at radius 2 is 2.00 bits per heavy atom. The fourth-order valence-electron chi connectivity index (χ4n) is 3.09. The van der Waals surface area contributed by atoms with Crippen molar-refractivity contribution in [2.45, 2.75) is 33.0 Å². The molecule has 4 rings (SSSR count). The van der Waals surface area contributed by atoms with Crippen LogP contribution in [0.3, 0.4) is 0 Å². The summed E-state index contributed by atoms with van der Waals surface area (Å²) in [5.74, 6) is 3.37. The molecule has 0 saturated heterocycles. The van der Waals surface area contributed by atoms with Crippen LogP contribution in [0.2, 0.25) is 0 Å². The molecule has 7 heteroatoms. The second-order valence-electron chi connectivity index (χ2n) is 5.79. The molecule has 23 heavy (non-hydrogen) atoms. The van der Waals surface area contributed by atoms with Gasteiger partial charge in [-0.25, -0.2) is 9.97 Å². The summed E-state index contributed by atoms with van der Waals surface area (Å²) in [5, 5.41) is 9.45. The van der Waals surface area contributed by atoms with Crippen LogP contribution in [-0.4, -0.2) is 36.2 Å². The van der Waals surface area contributed by atoms with E-state index in [2.05, 4.69) is 36.6 Å². The molecular weight excluding hydrogens is 290 g/mol. The van der Waals surface area contributed by atoms with Gasteiger partial charge in [0.2, 0.25) is 0 Å². The summed E-state index contributed by atoms with van der Waals surface area (Å²) < 4.78 is 2.21. The lowest BCUT2D eigenvalue weighted by Gasteiger charge is -2.27. The first-order valence-electron chi connectivity index (χ1n) is 7.89. The molecule has 0 amide bonds. The van der Waals surface area contributed by atoms with Gasteiger partial charge in [0.05, 0.1) is 18.6 Å². The van der Waals surface area contributed by atoms with E-state index < -0.39 is 0 Å². The van der Waals surface area contributed by atoms with Crippen molar-refractivity contribution in [3.05, 3.63) is 41.7 Å². The molecule has 0 radical (unpaired) electrons. The molecule has 0 bridgehead atoms. The van der Waals surface area contributed by atoms with Gasteiger partial charge in [0.25, 0.3) is 0 Å². The van der Waals surface area contributed by atoms with E-state index in [1.54, 1.807) is 0 Å². The number of para-hydroxylation sites is 1. The number of fused-ring (bicyclic) bond motifs is 2. The zero-order valence-electron chi connectivity index (χ0n) is 13.1. The van der Waals surface area contributed by atoms with Gasteiger partial charge in [0.1, 0.15) is 23.3 Å². The quantitative estimate of drug-likeness (QED) is 0.786. The van der Waals surface area contributed by atoms with Crippen molar-refractivity contribution < 1.29 is 0 Å². The van der Waals surface area contributed by atoms with Gasteiger partial charge in [0, 0.05) is 24.9 Å². The number of benzene rings is 1. The van der Waals surface area contributed by atoms with Gasteiger partial charge in [-0.05, 0) is 12.1 Å². The average molecular weight is 309 g/mol. The first-order valence-corrected chi connectivity index (χ1v) is 7.89. The monoisotopic (exact) mass is 309 g/mol. The van der Waals surface area contributed by atoms with Crippen molar-refractivity contribution in [3.8, 4) is 0 Å².